The molecule has 4 aliphatic rings. The number of fused-ring (bicyclic) bond motifs is 5. The van der Waals surface area contributed by atoms with Gasteiger partial charge >= 0.3 is 5.97 Å². The van der Waals surface area contributed by atoms with Crippen molar-refractivity contribution >= 4 is 20.4 Å². The van der Waals surface area contributed by atoms with Gasteiger partial charge in [-0.3, -0.25) is 9.59 Å². The maximum Gasteiger partial charge on any atom is 0.305 e. The summed E-state index contributed by atoms with van der Waals surface area (Å²) in [5, 5.41) is 0. The Labute approximate surface area is 196 Å². The quantitative estimate of drug-likeness (QED) is 0.356. The lowest BCUT2D eigenvalue weighted by atomic mass is 9.43. The second kappa shape index (κ2) is 9.07. The Morgan fingerprint density at radius 1 is 1.12 bits per heavy atom. The highest BCUT2D eigenvalue weighted by Gasteiger charge is 2.63. The first-order valence-corrected chi connectivity index (χ1v) is 15.3. The number of hydrogen-bond acceptors (Lipinski definition) is 4. The van der Waals surface area contributed by atoms with Gasteiger partial charge in [-0.05, 0) is 110 Å². The molecule has 0 radical (unpaired) electrons. The summed E-state index contributed by atoms with van der Waals surface area (Å²) < 4.78 is 16.8. The SMILES string of the molecule is COC(=O)CCC(C)[C@H]1CC[C@H]2[C@@H]3C(=O)C[C@@H]4C[C@H](C[Si](C)=O)CC[C@]4(C)[C@H]3CC[C@]12C. The summed E-state index contributed by atoms with van der Waals surface area (Å²) in [6.45, 7) is 9.18. The Hall–Kier alpha value is -0.843. The first kappa shape index (κ1) is 24.3. The highest BCUT2D eigenvalue weighted by Crippen LogP contribution is 2.68. The first-order chi connectivity index (χ1) is 15.1. The summed E-state index contributed by atoms with van der Waals surface area (Å²) in [6, 6.07) is 0.880. The third kappa shape index (κ3) is 4.09. The Morgan fingerprint density at radius 2 is 1.81 bits per heavy atom. The van der Waals surface area contributed by atoms with Crippen LogP contribution in [-0.2, 0) is 18.8 Å². The van der Waals surface area contributed by atoms with Crippen molar-refractivity contribution < 1.29 is 18.8 Å². The lowest BCUT2D eigenvalue weighted by molar-refractivity contribution is -0.158. The Bertz CT molecular complexity index is 765. The molecule has 0 aromatic carbocycles. The van der Waals surface area contributed by atoms with Crippen LogP contribution in [0.15, 0.2) is 0 Å². The predicted molar refractivity (Wildman–Crippen MR) is 127 cm³/mol. The van der Waals surface area contributed by atoms with E-state index in [9.17, 15) is 14.1 Å². The van der Waals surface area contributed by atoms with Gasteiger partial charge in [0.1, 0.15) is 5.78 Å². The smallest absolute Gasteiger partial charge is 0.305 e. The lowest BCUT2D eigenvalue weighted by Crippen LogP contribution is -2.57. The van der Waals surface area contributed by atoms with Gasteiger partial charge in [0.05, 0.1) is 7.11 Å². The zero-order valence-electron chi connectivity index (χ0n) is 21.0. The summed E-state index contributed by atoms with van der Waals surface area (Å²) in [4.78, 5) is 25.3. The minimum atomic E-state index is -1.44. The minimum absolute atomic E-state index is 0.106. The van der Waals surface area contributed by atoms with Crippen LogP contribution >= 0.6 is 0 Å². The molecule has 4 rings (SSSR count). The van der Waals surface area contributed by atoms with Crippen LogP contribution in [0.1, 0.15) is 85.0 Å². The topological polar surface area (TPSA) is 60.4 Å². The molecule has 4 nitrogen and oxygen atoms in total. The molecule has 32 heavy (non-hydrogen) atoms. The summed E-state index contributed by atoms with van der Waals surface area (Å²) in [7, 11) is 0.0363. The van der Waals surface area contributed by atoms with E-state index in [2.05, 4.69) is 20.8 Å². The number of carbonyl (C=O) groups is 2. The van der Waals surface area contributed by atoms with Crippen molar-refractivity contribution in [1.82, 2.24) is 0 Å². The minimum Gasteiger partial charge on any atom is -0.469 e. The largest absolute Gasteiger partial charge is 0.469 e. The van der Waals surface area contributed by atoms with Crippen LogP contribution in [-0.4, -0.2) is 27.5 Å². The van der Waals surface area contributed by atoms with Gasteiger partial charge in [-0.15, -0.1) is 0 Å². The highest BCUT2D eigenvalue weighted by molar-refractivity contribution is 6.40. The third-order valence-corrected chi connectivity index (χ3v) is 12.1. The van der Waals surface area contributed by atoms with E-state index < -0.39 is 8.68 Å². The van der Waals surface area contributed by atoms with Crippen molar-refractivity contribution in [3.8, 4) is 0 Å². The molecule has 5 heteroatoms. The Kier molecular flexibility index (Phi) is 6.89. The maximum absolute atomic E-state index is 13.7. The third-order valence-electron chi connectivity index (χ3n) is 10.9. The zero-order valence-corrected chi connectivity index (χ0v) is 22.0. The molecule has 0 aliphatic heterocycles. The second-order valence-corrected chi connectivity index (χ2v) is 14.3. The molecule has 0 spiro atoms. The molecule has 4 fully saturated rings. The van der Waals surface area contributed by atoms with Gasteiger partial charge in [-0.1, -0.05) is 20.8 Å². The molecule has 0 saturated heterocycles. The van der Waals surface area contributed by atoms with E-state index in [1.165, 1.54) is 45.6 Å². The van der Waals surface area contributed by atoms with Crippen LogP contribution in [0.3, 0.4) is 0 Å². The standard InChI is InChI=1S/C27H44O4Si/c1-17(6-9-24(29)31-4)20-7-8-21-25-22(11-13-27(20,21)3)26(2)12-10-18(16-32(5)30)14-19(26)15-23(25)28/h17-22,25H,6-16H2,1-5H3/t17?,18-,19+,20-,21+,22+,25+,26+,27-/m1/s1. The molecule has 0 bridgehead atoms. The van der Waals surface area contributed by atoms with Gasteiger partial charge in [-0.2, -0.15) is 0 Å². The number of esters is 1. The van der Waals surface area contributed by atoms with Crippen molar-refractivity contribution in [1.29, 1.82) is 0 Å². The van der Waals surface area contributed by atoms with Gasteiger partial charge in [-0.25, -0.2) is 0 Å². The fourth-order valence-corrected chi connectivity index (χ4v) is 10.4. The van der Waals surface area contributed by atoms with Crippen LogP contribution in [0.2, 0.25) is 12.6 Å². The normalized spacial score (nSPS) is 44.2. The fraction of sp³-hybridized carbons (Fsp3) is 0.926. The van der Waals surface area contributed by atoms with Gasteiger partial charge in [0.2, 0.25) is 0 Å². The number of methoxy groups -OCH3 is 1. The number of ether oxygens (including phenoxy) is 1. The Balaban J connectivity index is 1.50. The van der Waals surface area contributed by atoms with Crippen molar-refractivity contribution in [2.45, 2.75) is 97.6 Å². The molecular weight excluding hydrogens is 416 g/mol. The van der Waals surface area contributed by atoms with Crippen LogP contribution in [0.4, 0.5) is 0 Å². The molecule has 0 heterocycles. The number of ketones is 1. The second-order valence-electron chi connectivity index (χ2n) is 12.5. The van der Waals surface area contributed by atoms with Crippen molar-refractivity contribution in [3.63, 3.8) is 0 Å². The van der Waals surface area contributed by atoms with E-state index in [4.69, 9.17) is 4.74 Å². The molecule has 0 N–H and O–H groups in total. The van der Waals surface area contributed by atoms with E-state index >= 15 is 0 Å². The van der Waals surface area contributed by atoms with E-state index in [1.807, 2.05) is 6.55 Å². The van der Waals surface area contributed by atoms with Crippen molar-refractivity contribution in [3.05, 3.63) is 0 Å². The molecule has 0 amide bonds. The summed E-state index contributed by atoms with van der Waals surface area (Å²) in [5.41, 5.74) is 0.517. The van der Waals surface area contributed by atoms with Crippen LogP contribution in [0, 0.1) is 52.3 Å². The lowest BCUT2D eigenvalue weighted by Gasteiger charge is -2.60. The summed E-state index contributed by atoms with van der Waals surface area (Å²) in [6.07, 6.45) is 10.5. The van der Waals surface area contributed by atoms with E-state index in [1.54, 1.807) is 0 Å². The van der Waals surface area contributed by atoms with Gasteiger partial charge in [0, 0.05) is 18.8 Å². The molecule has 180 valence electrons. The van der Waals surface area contributed by atoms with Crippen molar-refractivity contribution in [2.75, 3.05) is 7.11 Å². The molecular formula is C27H44O4Si. The zero-order chi connectivity index (χ0) is 23.3. The highest BCUT2D eigenvalue weighted by atomic mass is 28.3. The van der Waals surface area contributed by atoms with Gasteiger partial charge < -0.3 is 9.20 Å². The molecule has 9 atom stereocenters. The Morgan fingerprint density at radius 3 is 2.50 bits per heavy atom. The number of carbonyl (C=O) groups excluding carboxylic acids is 2. The number of rotatable bonds is 6. The average molecular weight is 461 g/mol. The van der Waals surface area contributed by atoms with Gasteiger partial charge in [0.15, 0.2) is 0 Å². The van der Waals surface area contributed by atoms with E-state index in [-0.39, 0.29) is 22.7 Å². The fourth-order valence-electron chi connectivity index (χ4n) is 9.24. The van der Waals surface area contributed by atoms with Gasteiger partial charge in [0.25, 0.3) is 8.68 Å². The predicted octanol–water partition coefficient (Wildman–Crippen LogP) is 6.08. The van der Waals surface area contributed by atoms with Crippen LogP contribution in [0.25, 0.3) is 0 Å². The first-order valence-electron chi connectivity index (χ1n) is 13.2. The molecule has 4 saturated carbocycles. The molecule has 0 aromatic rings. The monoisotopic (exact) mass is 460 g/mol. The molecule has 4 aliphatic carbocycles. The van der Waals surface area contributed by atoms with Crippen molar-refractivity contribution in [2.24, 2.45) is 52.3 Å². The number of Topliss-reactive ketones (excluding diaryl/α,β-unsaturated/α-hetero) is 1. The van der Waals surface area contributed by atoms with E-state index in [0.29, 0.717) is 47.7 Å². The summed E-state index contributed by atoms with van der Waals surface area (Å²) in [5.74, 6) is 3.90. The maximum atomic E-state index is 13.7. The average Bonchev–Trinajstić information content (AvgIpc) is 3.09. The summed E-state index contributed by atoms with van der Waals surface area (Å²) >= 11 is 0. The van der Waals surface area contributed by atoms with E-state index in [0.717, 1.165) is 25.3 Å². The molecule has 1 unspecified atom stereocenters. The van der Waals surface area contributed by atoms with Crippen LogP contribution < -0.4 is 0 Å². The molecule has 0 aromatic heterocycles. The van der Waals surface area contributed by atoms with Crippen LogP contribution in [0.5, 0.6) is 0 Å². The number of hydrogen-bond donors (Lipinski definition) is 0.